The number of ether oxygens (including phenoxy) is 1. The van der Waals surface area contributed by atoms with Crippen molar-refractivity contribution in [2.75, 3.05) is 18.2 Å². The van der Waals surface area contributed by atoms with Crippen molar-refractivity contribution < 1.29 is 26.8 Å². The maximum absolute atomic E-state index is 12.3. The highest BCUT2D eigenvalue weighted by Crippen LogP contribution is 2.20. The molecule has 2 aromatic heterocycles. The number of nitrogens with zero attached hydrogens (tertiary/aromatic N) is 2. The molecule has 2 heterocycles. The van der Waals surface area contributed by atoms with Crippen LogP contribution >= 0.6 is 0 Å². The third-order valence-electron chi connectivity index (χ3n) is 3.64. The molecule has 0 atom stereocenters. The van der Waals surface area contributed by atoms with Gasteiger partial charge in [-0.15, -0.1) is 5.10 Å². The zero-order valence-corrected chi connectivity index (χ0v) is 15.2. The number of amides is 1. The third kappa shape index (κ3) is 4.73. The Hall–Kier alpha value is -3.14. The van der Waals surface area contributed by atoms with E-state index in [-0.39, 0.29) is 35.4 Å². The lowest BCUT2D eigenvalue weighted by molar-refractivity contribution is -0.116. The molecule has 0 aliphatic heterocycles. The van der Waals surface area contributed by atoms with Gasteiger partial charge in [-0.05, 0) is 42.8 Å². The average Bonchev–Trinajstić information content (AvgIpc) is 3.33. The molecule has 1 N–H and O–H groups in total. The summed E-state index contributed by atoms with van der Waals surface area (Å²) in [7, 11) is -1.98. The van der Waals surface area contributed by atoms with Crippen LogP contribution in [0.3, 0.4) is 0 Å². The van der Waals surface area contributed by atoms with Crippen LogP contribution in [0.4, 0.5) is 6.01 Å². The second-order valence-electron chi connectivity index (χ2n) is 5.54. The van der Waals surface area contributed by atoms with Crippen molar-refractivity contribution in [2.24, 2.45) is 0 Å². The number of hydrogen-bond acceptors (Lipinski definition) is 8. The smallest absolute Gasteiger partial charge is 0.322 e. The van der Waals surface area contributed by atoms with E-state index in [1.165, 1.54) is 25.5 Å². The van der Waals surface area contributed by atoms with Crippen LogP contribution in [0.5, 0.6) is 5.75 Å². The van der Waals surface area contributed by atoms with Gasteiger partial charge in [-0.25, -0.2) is 8.42 Å². The lowest BCUT2D eigenvalue weighted by Crippen LogP contribution is -2.14. The molecule has 0 aliphatic carbocycles. The van der Waals surface area contributed by atoms with Gasteiger partial charge in [0.15, 0.2) is 15.6 Å². The first kappa shape index (κ1) is 18.6. The maximum Gasteiger partial charge on any atom is 0.322 e. The Labute approximate surface area is 155 Å². The average molecular weight is 391 g/mol. The molecule has 3 aromatic rings. The number of sulfone groups is 1. The molecule has 0 saturated carbocycles. The van der Waals surface area contributed by atoms with Crippen LogP contribution < -0.4 is 10.1 Å². The number of carbonyl (C=O) groups is 1. The Morgan fingerprint density at radius 2 is 1.96 bits per heavy atom. The highest BCUT2D eigenvalue weighted by atomic mass is 32.2. The Morgan fingerprint density at radius 1 is 1.19 bits per heavy atom. The molecule has 1 aromatic carbocycles. The van der Waals surface area contributed by atoms with Gasteiger partial charge in [0.2, 0.25) is 5.91 Å². The Kier molecular flexibility index (Phi) is 5.55. The molecule has 0 spiro atoms. The summed E-state index contributed by atoms with van der Waals surface area (Å²) in [5.74, 6) is 0.510. The quantitative estimate of drug-likeness (QED) is 0.621. The lowest BCUT2D eigenvalue weighted by Gasteiger charge is -2.05. The number of rotatable bonds is 8. The topological polar surface area (TPSA) is 125 Å². The van der Waals surface area contributed by atoms with Crippen molar-refractivity contribution >= 4 is 21.8 Å². The van der Waals surface area contributed by atoms with E-state index in [1.54, 1.807) is 24.3 Å². The standard InChI is InChI=1S/C17H17N3O6S/c1-24-12-6-8-13(9-7-12)27(22,23)11-3-5-15(21)18-17-20-19-16(26-17)14-4-2-10-25-14/h2,4,6-10H,3,5,11H2,1H3,(H,18,20,21). The van der Waals surface area contributed by atoms with Gasteiger partial charge in [-0.1, -0.05) is 5.10 Å². The van der Waals surface area contributed by atoms with Crippen molar-refractivity contribution in [1.29, 1.82) is 0 Å². The van der Waals surface area contributed by atoms with E-state index >= 15 is 0 Å². The Balaban J connectivity index is 1.50. The van der Waals surface area contributed by atoms with E-state index in [9.17, 15) is 13.2 Å². The molecule has 9 nitrogen and oxygen atoms in total. The molecule has 0 saturated heterocycles. The first-order valence-electron chi connectivity index (χ1n) is 8.02. The number of anilines is 1. The molecule has 0 radical (unpaired) electrons. The van der Waals surface area contributed by atoms with Gasteiger partial charge in [-0.2, -0.15) is 0 Å². The molecule has 142 valence electrons. The summed E-state index contributed by atoms with van der Waals surface area (Å²) in [4.78, 5) is 12.1. The van der Waals surface area contributed by atoms with Crippen molar-refractivity contribution in [3.05, 3.63) is 42.7 Å². The van der Waals surface area contributed by atoms with E-state index in [0.717, 1.165) is 0 Å². The van der Waals surface area contributed by atoms with Gasteiger partial charge in [-0.3, -0.25) is 10.1 Å². The van der Waals surface area contributed by atoms with Gasteiger partial charge >= 0.3 is 6.01 Å². The van der Waals surface area contributed by atoms with Crippen molar-refractivity contribution in [2.45, 2.75) is 17.7 Å². The minimum Gasteiger partial charge on any atom is -0.497 e. The predicted molar refractivity (Wildman–Crippen MR) is 94.9 cm³/mol. The van der Waals surface area contributed by atoms with Crippen LogP contribution in [-0.2, 0) is 14.6 Å². The van der Waals surface area contributed by atoms with Crippen LogP contribution in [0.2, 0.25) is 0 Å². The van der Waals surface area contributed by atoms with Crippen LogP contribution in [0, 0.1) is 0 Å². The SMILES string of the molecule is COc1ccc(S(=O)(=O)CCCC(=O)Nc2nnc(-c3ccco3)o2)cc1. The molecule has 0 unspecified atom stereocenters. The van der Waals surface area contributed by atoms with Crippen LogP contribution in [0.1, 0.15) is 12.8 Å². The molecule has 3 rings (SSSR count). The Bertz CT molecular complexity index is 994. The normalized spacial score (nSPS) is 11.3. The number of aromatic nitrogens is 2. The summed E-state index contributed by atoms with van der Waals surface area (Å²) in [6.45, 7) is 0. The minimum absolute atomic E-state index is 0.00610. The first-order valence-corrected chi connectivity index (χ1v) is 9.67. The molecule has 0 fully saturated rings. The Morgan fingerprint density at radius 3 is 2.63 bits per heavy atom. The van der Waals surface area contributed by atoms with Gasteiger partial charge in [0.1, 0.15) is 5.75 Å². The zero-order valence-electron chi connectivity index (χ0n) is 14.4. The van der Waals surface area contributed by atoms with E-state index in [2.05, 4.69) is 15.5 Å². The zero-order chi connectivity index (χ0) is 19.3. The van der Waals surface area contributed by atoms with Crippen LogP contribution in [0.15, 0.2) is 56.4 Å². The molecule has 1 amide bonds. The number of nitrogens with one attached hydrogen (secondary N) is 1. The fourth-order valence-corrected chi connectivity index (χ4v) is 3.59. The number of benzene rings is 1. The van der Waals surface area contributed by atoms with Gasteiger partial charge < -0.3 is 13.6 Å². The van der Waals surface area contributed by atoms with Gasteiger partial charge in [0, 0.05) is 6.42 Å². The summed E-state index contributed by atoms with van der Waals surface area (Å²) in [5.41, 5.74) is 0. The largest absolute Gasteiger partial charge is 0.497 e. The number of hydrogen-bond donors (Lipinski definition) is 1. The maximum atomic E-state index is 12.3. The van der Waals surface area contributed by atoms with Gasteiger partial charge in [0.05, 0.1) is 24.0 Å². The molecule has 27 heavy (non-hydrogen) atoms. The molecule has 10 heteroatoms. The van der Waals surface area contributed by atoms with Crippen LogP contribution in [0.25, 0.3) is 11.7 Å². The predicted octanol–water partition coefficient (Wildman–Crippen LogP) is 2.53. The van der Waals surface area contributed by atoms with E-state index in [4.69, 9.17) is 13.6 Å². The highest BCUT2D eigenvalue weighted by Gasteiger charge is 2.17. The van der Waals surface area contributed by atoms with Crippen molar-refractivity contribution in [3.63, 3.8) is 0 Å². The number of methoxy groups -OCH3 is 1. The van der Waals surface area contributed by atoms with E-state index in [1.807, 2.05) is 0 Å². The fourth-order valence-electron chi connectivity index (χ4n) is 2.28. The second-order valence-corrected chi connectivity index (χ2v) is 7.64. The summed E-state index contributed by atoms with van der Waals surface area (Å²) in [6, 6.07) is 9.33. The first-order chi connectivity index (χ1) is 13.0. The third-order valence-corrected chi connectivity index (χ3v) is 5.46. The summed E-state index contributed by atoms with van der Waals surface area (Å²) in [6.07, 6.45) is 1.61. The number of carbonyl (C=O) groups excluding carboxylic acids is 1. The van der Waals surface area contributed by atoms with Crippen LogP contribution in [-0.4, -0.2) is 37.4 Å². The van der Waals surface area contributed by atoms with E-state index < -0.39 is 15.7 Å². The molecule has 0 aliphatic rings. The molecule has 0 bridgehead atoms. The molecular formula is C17H17N3O6S. The minimum atomic E-state index is -3.48. The molecular weight excluding hydrogens is 374 g/mol. The number of furan rings is 1. The fraction of sp³-hybridized carbons (Fsp3) is 0.235. The van der Waals surface area contributed by atoms with Crippen molar-refractivity contribution in [3.8, 4) is 17.4 Å². The summed E-state index contributed by atoms with van der Waals surface area (Å²) < 4.78 is 39.9. The van der Waals surface area contributed by atoms with Crippen molar-refractivity contribution in [1.82, 2.24) is 10.2 Å². The van der Waals surface area contributed by atoms with E-state index in [0.29, 0.717) is 11.5 Å². The summed E-state index contributed by atoms with van der Waals surface area (Å²) in [5, 5.41) is 9.88. The highest BCUT2D eigenvalue weighted by molar-refractivity contribution is 7.91. The monoisotopic (exact) mass is 391 g/mol. The lowest BCUT2D eigenvalue weighted by atomic mass is 10.3. The summed E-state index contributed by atoms with van der Waals surface area (Å²) >= 11 is 0. The van der Waals surface area contributed by atoms with Gasteiger partial charge in [0.25, 0.3) is 5.89 Å². The second kappa shape index (κ2) is 8.04.